The highest BCUT2D eigenvalue weighted by Crippen LogP contribution is 2.20. The number of hydrogen-bond acceptors (Lipinski definition) is 5. The van der Waals surface area contributed by atoms with Gasteiger partial charge in [-0.25, -0.2) is 0 Å². The average Bonchev–Trinajstić information content (AvgIpc) is 3.08. The van der Waals surface area contributed by atoms with E-state index in [-0.39, 0.29) is 18.2 Å². The quantitative estimate of drug-likeness (QED) is 0.613. The summed E-state index contributed by atoms with van der Waals surface area (Å²) < 4.78 is 10.5. The maximum Gasteiger partial charge on any atom is 0.305 e. The van der Waals surface area contributed by atoms with Crippen molar-refractivity contribution < 1.29 is 18.7 Å². The highest BCUT2D eigenvalue weighted by atomic mass is 16.5. The molecule has 0 radical (unpaired) electrons. The smallest absolute Gasteiger partial charge is 0.305 e. The summed E-state index contributed by atoms with van der Waals surface area (Å²) in [6, 6.07) is 14.4. The van der Waals surface area contributed by atoms with Gasteiger partial charge in [0, 0.05) is 11.1 Å². The first-order valence-corrected chi connectivity index (χ1v) is 8.02. The Morgan fingerprint density at radius 1 is 1.04 bits per heavy atom. The minimum absolute atomic E-state index is 0.00589. The summed E-state index contributed by atoms with van der Waals surface area (Å²) >= 11 is 0. The number of anilines is 1. The Hall–Kier alpha value is -3.48. The summed E-state index contributed by atoms with van der Waals surface area (Å²) in [4.78, 5) is 23.9. The van der Waals surface area contributed by atoms with Crippen LogP contribution in [0.15, 0.2) is 52.9 Å². The van der Waals surface area contributed by atoms with Crippen molar-refractivity contribution >= 4 is 28.5 Å². The van der Waals surface area contributed by atoms with Gasteiger partial charge >= 0.3 is 5.91 Å². The predicted octanol–water partition coefficient (Wildman–Crippen LogP) is 2.62. The van der Waals surface area contributed by atoms with Crippen molar-refractivity contribution in [2.45, 2.75) is 6.92 Å². The second-order valence-electron chi connectivity index (χ2n) is 5.74. The van der Waals surface area contributed by atoms with Crippen molar-refractivity contribution in [3.63, 3.8) is 0 Å². The number of carbonyl (C=O) groups is 2. The number of hydrogen-bond donors (Lipinski definition) is 3. The highest BCUT2D eigenvalue weighted by molar-refractivity contribution is 5.97. The van der Waals surface area contributed by atoms with E-state index in [0.29, 0.717) is 5.58 Å². The van der Waals surface area contributed by atoms with E-state index in [2.05, 4.69) is 16.2 Å². The van der Waals surface area contributed by atoms with Gasteiger partial charge in [0.1, 0.15) is 11.3 Å². The van der Waals surface area contributed by atoms with Crippen LogP contribution in [-0.4, -0.2) is 25.5 Å². The molecule has 0 saturated heterocycles. The standard InChI is InChI=1S/C19H19N3O4/c1-12-3-8-16-13(9-12)10-17(26-16)19(24)22-21-18(23)11-20-14-4-6-15(25-2)7-5-14/h3-10,20H,11H2,1-2H3,(H,21,23)(H,22,24). The topological polar surface area (TPSA) is 92.6 Å². The van der Waals surface area contributed by atoms with E-state index in [1.165, 1.54) is 0 Å². The summed E-state index contributed by atoms with van der Waals surface area (Å²) in [6.07, 6.45) is 0. The first-order valence-electron chi connectivity index (χ1n) is 8.02. The Kier molecular flexibility index (Phi) is 5.07. The molecule has 3 aromatic rings. The number of methoxy groups -OCH3 is 1. The largest absolute Gasteiger partial charge is 0.497 e. The van der Waals surface area contributed by atoms with Gasteiger partial charge < -0.3 is 14.5 Å². The Morgan fingerprint density at radius 2 is 1.81 bits per heavy atom. The van der Waals surface area contributed by atoms with Crippen molar-refractivity contribution in [2.24, 2.45) is 0 Å². The monoisotopic (exact) mass is 353 g/mol. The minimum atomic E-state index is -0.517. The molecule has 0 atom stereocenters. The second-order valence-corrected chi connectivity index (χ2v) is 5.74. The zero-order valence-corrected chi connectivity index (χ0v) is 14.5. The van der Waals surface area contributed by atoms with Gasteiger partial charge in [0.05, 0.1) is 13.7 Å². The van der Waals surface area contributed by atoms with Crippen LogP contribution in [0.2, 0.25) is 0 Å². The maximum atomic E-state index is 12.1. The molecule has 2 amide bonds. The summed E-state index contributed by atoms with van der Waals surface area (Å²) in [5, 5.41) is 3.78. The van der Waals surface area contributed by atoms with E-state index >= 15 is 0 Å². The normalized spacial score (nSPS) is 10.4. The Morgan fingerprint density at radius 3 is 2.54 bits per heavy atom. The van der Waals surface area contributed by atoms with Gasteiger partial charge in [-0.05, 0) is 49.4 Å². The van der Waals surface area contributed by atoms with Gasteiger partial charge in [-0.1, -0.05) is 11.6 Å². The number of amides is 2. The van der Waals surface area contributed by atoms with Crippen molar-refractivity contribution in [1.82, 2.24) is 10.9 Å². The van der Waals surface area contributed by atoms with Crippen LogP contribution in [0.4, 0.5) is 5.69 Å². The van der Waals surface area contributed by atoms with Gasteiger partial charge in [0.2, 0.25) is 0 Å². The molecule has 2 aromatic carbocycles. The number of ether oxygens (including phenoxy) is 1. The minimum Gasteiger partial charge on any atom is -0.497 e. The van der Waals surface area contributed by atoms with Crippen molar-refractivity contribution in [3.8, 4) is 5.75 Å². The lowest BCUT2D eigenvalue weighted by Crippen LogP contribution is -2.44. The summed E-state index contributed by atoms with van der Waals surface area (Å²) in [5.41, 5.74) is 7.14. The average molecular weight is 353 g/mol. The molecule has 134 valence electrons. The van der Waals surface area contributed by atoms with Crippen LogP contribution < -0.4 is 20.9 Å². The second kappa shape index (κ2) is 7.60. The van der Waals surface area contributed by atoms with Gasteiger partial charge in [0.15, 0.2) is 5.76 Å². The number of fused-ring (bicyclic) bond motifs is 1. The highest BCUT2D eigenvalue weighted by Gasteiger charge is 2.13. The van der Waals surface area contributed by atoms with E-state index in [0.717, 1.165) is 22.4 Å². The van der Waals surface area contributed by atoms with Crippen LogP contribution in [0.5, 0.6) is 5.75 Å². The summed E-state index contributed by atoms with van der Waals surface area (Å²) in [6.45, 7) is 1.97. The van der Waals surface area contributed by atoms with Gasteiger partial charge in [0.25, 0.3) is 5.91 Å². The molecule has 0 aliphatic rings. The Bertz CT molecular complexity index is 932. The third-order valence-electron chi connectivity index (χ3n) is 3.75. The molecule has 0 aliphatic carbocycles. The Labute approximate surface area is 150 Å². The van der Waals surface area contributed by atoms with Crippen molar-refractivity contribution in [2.75, 3.05) is 19.0 Å². The molecule has 3 N–H and O–H groups in total. The van der Waals surface area contributed by atoms with Crippen LogP contribution >= 0.6 is 0 Å². The molecular formula is C19H19N3O4. The molecule has 1 heterocycles. The molecule has 0 aliphatic heterocycles. The lowest BCUT2D eigenvalue weighted by molar-refractivity contribution is -0.120. The first-order chi connectivity index (χ1) is 12.5. The molecule has 1 aromatic heterocycles. The van der Waals surface area contributed by atoms with E-state index in [9.17, 15) is 9.59 Å². The Balaban J connectivity index is 1.50. The molecule has 0 saturated carbocycles. The molecule has 0 unspecified atom stereocenters. The number of aryl methyl sites for hydroxylation is 1. The van der Waals surface area contributed by atoms with E-state index in [1.54, 1.807) is 43.5 Å². The molecule has 7 nitrogen and oxygen atoms in total. The van der Waals surface area contributed by atoms with Crippen LogP contribution in [0.3, 0.4) is 0 Å². The molecule has 0 bridgehead atoms. The lowest BCUT2D eigenvalue weighted by atomic mass is 10.2. The molecule has 0 spiro atoms. The van der Waals surface area contributed by atoms with E-state index in [4.69, 9.17) is 9.15 Å². The predicted molar refractivity (Wildman–Crippen MR) is 98.0 cm³/mol. The lowest BCUT2D eigenvalue weighted by Gasteiger charge is -2.08. The molecule has 0 fully saturated rings. The number of carbonyl (C=O) groups excluding carboxylic acids is 2. The fourth-order valence-electron chi connectivity index (χ4n) is 2.40. The molecular weight excluding hydrogens is 334 g/mol. The first kappa shape index (κ1) is 17.3. The van der Waals surface area contributed by atoms with Gasteiger partial charge in [-0.15, -0.1) is 0 Å². The summed E-state index contributed by atoms with van der Waals surface area (Å²) in [7, 11) is 1.59. The number of furan rings is 1. The summed E-state index contributed by atoms with van der Waals surface area (Å²) in [5.74, 6) is -0.0416. The van der Waals surface area contributed by atoms with E-state index in [1.807, 2.05) is 19.1 Å². The van der Waals surface area contributed by atoms with Gasteiger partial charge in [-0.3, -0.25) is 20.4 Å². The number of benzene rings is 2. The maximum absolute atomic E-state index is 12.1. The van der Waals surface area contributed by atoms with Crippen LogP contribution in [0.1, 0.15) is 16.1 Å². The van der Waals surface area contributed by atoms with Crippen LogP contribution in [-0.2, 0) is 4.79 Å². The number of rotatable bonds is 5. The molecule has 26 heavy (non-hydrogen) atoms. The van der Waals surface area contributed by atoms with Crippen molar-refractivity contribution in [3.05, 3.63) is 59.9 Å². The number of nitrogens with one attached hydrogen (secondary N) is 3. The third-order valence-corrected chi connectivity index (χ3v) is 3.75. The fraction of sp³-hybridized carbons (Fsp3) is 0.158. The van der Waals surface area contributed by atoms with Crippen molar-refractivity contribution in [1.29, 1.82) is 0 Å². The van der Waals surface area contributed by atoms with Crippen LogP contribution in [0.25, 0.3) is 11.0 Å². The zero-order chi connectivity index (χ0) is 18.5. The van der Waals surface area contributed by atoms with Gasteiger partial charge in [-0.2, -0.15) is 0 Å². The molecule has 3 rings (SSSR count). The fourth-order valence-corrected chi connectivity index (χ4v) is 2.40. The SMILES string of the molecule is COc1ccc(NCC(=O)NNC(=O)c2cc3cc(C)ccc3o2)cc1. The van der Waals surface area contributed by atoms with Crippen LogP contribution in [0, 0.1) is 6.92 Å². The third kappa shape index (κ3) is 4.13. The molecule has 7 heteroatoms. The zero-order valence-electron chi connectivity index (χ0n) is 14.5. The van der Waals surface area contributed by atoms with E-state index < -0.39 is 5.91 Å². The number of hydrazine groups is 1.